The quantitative estimate of drug-likeness (QED) is 0.411. The largest absolute Gasteiger partial charge is 0.298 e. The molecule has 4 rings (SSSR count). The van der Waals surface area contributed by atoms with Crippen molar-refractivity contribution in [2.75, 3.05) is 5.32 Å². The summed E-state index contributed by atoms with van der Waals surface area (Å²) >= 11 is 2.77. The summed E-state index contributed by atoms with van der Waals surface area (Å²) in [5.74, 6) is -0.245. The second kappa shape index (κ2) is 6.62. The predicted octanol–water partition coefficient (Wildman–Crippen LogP) is 4.58. The van der Waals surface area contributed by atoms with Crippen molar-refractivity contribution < 1.29 is 9.72 Å². The maximum Gasteiger partial charge on any atom is 0.269 e. The van der Waals surface area contributed by atoms with Crippen LogP contribution in [0.25, 0.3) is 21.5 Å². The fourth-order valence-electron chi connectivity index (χ4n) is 2.38. The first-order chi connectivity index (χ1) is 12.6. The van der Waals surface area contributed by atoms with Crippen LogP contribution in [0.15, 0.2) is 53.4 Å². The number of nitro groups is 1. The number of fused-ring (bicyclic) bond motifs is 1. The van der Waals surface area contributed by atoms with Gasteiger partial charge >= 0.3 is 0 Å². The zero-order valence-electron chi connectivity index (χ0n) is 13.1. The van der Waals surface area contributed by atoms with E-state index in [0.717, 1.165) is 15.8 Å². The summed E-state index contributed by atoms with van der Waals surface area (Å²) in [5.41, 5.74) is 4.56. The highest BCUT2D eigenvalue weighted by Crippen LogP contribution is 2.27. The molecular formula is C17H10N4O3S2. The first-order valence-corrected chi connectivity index (χ1v) is 9.21. The van der Waals surface area contributed by atoms with Crippen molar-refractivity contribution >= 4 is 49.6 Å². The van der Waals surface area contributed by atoms with Gasteiger partial charge in [0.05, 0.1) is 26.3 Å². The predicted molar refractivity (Wildman–Crippen MR) is 102 cm³/mol. The van der Waals surface area contributed by atoms with Gasteiger partial charge in [0.15, 0.2) is 5.13 Å². The molecule has 1 N–H and O–H groups in total. The van der Waals surface area contributed by atoms with Gasteiger partial charge in [0.1, 0.15) is 0 Å². The number of nitrogens with one attached hydrogen (secondary N) is 1. The van der Waals surface area contributed by atoms with Gasteiger partial charge in [0.2, 0.25) is 0 Å². The molecule has 0 fully saturated rings. The van der Waals surface area contributed by atoms with Crippen LogP contribution in [-0.2, 0) is 0 Å². The number of thiazole rings is 2. The topological polar surface area (TPSA) is 98.0 Å². The Morgan fingerprint density at radius 1 is 1.12 bits per heavy atom. The van der Waals surface area contributed by atoms with E-state index >= 15 is 0 Å². The van der Waals surface area contributed by atoms with Crippen LogP contribution in [0.5, 0.6) is 0 Å². The van der Waals surface area contributed by atoms with Gasteiger partial charge in [-0.2, -0.15) is 0 Å². The third kappa shape index (κ3) is 3.17. The molecule has 0 bridgehead atoms. The molecule has 26 heavy (non-hydrogen) atoms. The molecule has 0 saturated carbocycles. The van der Waals surface area contributed by atoms with Gasteiger partial charge in [-0.15, -0.1) is 22.7 Å². The number of carbonyl (C=O) groups is 1. The van der Waals surface area contributed by atoms with Gasteiger partial charge in [-0.3, -0.25) is 20.2 Å². The maximum absolute atomic E-state index is 12.4. The number of aromatic nitrogens is 2. The number of anilines is 1. The lowest BCUT2D eigenvalue weighted by Crippen LogP contribution is -2.11. The molecular weight excluding hydrogens is 372 g/mol. The van der Waals surface area contributed by atoms with Crippen LogP contribution in [0.1, 0.15) is 10.4 Å². The normalized spacial score (nSPS) is 10.8. The minimum Gasteiger partial charge on any atom is -0.298 e. The number of hydrogen-bond acceptors (Lipinski definition) is 7. The highest BCUT2D eigenvalue weighted by atomic mass is 32.1. The van der Waals surface area contributed by atoms with Crippen LogP contribution < -0.4 is 5.32 Å². The number of rotatable bonds is 4. The zero-order chi connectivity index (χ0) is 18.1. The monoisotopic (exact) mass is 382 g/mol. The summed E-state index contributed by atoms with van der Waals surface area (Å²) in [6.07, 6.45) is 0. The molecule has 2 aromatic carbocycles. The van der Waals surface area contributed by atoms with E-state index in [2.05, 4.69) is 15.3 Å². The molecule has 9 heteroatoms. The lowest BCUT2D eigenvalue weighted by Gasteiger charge is -2.01. The molecule has 0 aliphatic carbocycles. The number of carbonyl (C=O) groups excluding carboxylic acids is 1. The van der Waals surface area contributed by atoms with Crippen molar-refractivity contribution in [3.8, 4) is 11.3 Å². The van der Waals surface area contributed by atoms with Crippen molar-refractivity contribution in [1.82, 2.24) is 9.97 Å². The van der Waals surface area contributed by atoms with E-state index in [-0.39, 0.29) is 11.6 Å². The standard InChI is InChI=1S/C17H10N4O3S2/c22-16(11-3-6-13-15(7-11)26-9-18-13)20-17-19-14(8-25-17)10-1-4-12(5-2-10)21(23)24/h1-9H,(H,19,20,22). The van der Waals surface area contributed by atoms with Crippen LogP contribution in [0, 0.1) is 10.1 Å². The molecule has 2 heterocycles. The Morgan fingerprint density at radius 2 is 1.92 bits per heavy atom. The van der Waals surface area contributed by atoms with Crippen LogP contribution in [0.2, 0.25) is 0 Å². The third-order valence-electron chi connectivity index (χ3n) is 3.69. The van der Waals surface area contributed by atoms with E-state index in [1.807, 2.05) is 6.07 Å². The molecule has 1 amide bonds. The van der Waals surface area contributed by atoms with Crippen LogP contribution in [0.4, 0.5) is 10.8 Å². The Hall–Kier alpha value is -3.17. The molecule has 0 aliphatic rings. The van der Waals surface area contributed by atoms with Gasteiger partial charge in [0, 0.05) is 28.6 Å². The van der Waals surface area contributed by atoms with Gasteiger partial charge in [-0.05, 0) is 30.3 Å². The molecule has 0 spiro atoms. The fourth-order valence-corrected chi connectivity index (χ4v) is 3.81. The van der Waals surface area contributed by atoms with E-state index in [9.17, 15) is 14.9 Å². The number of benzene rings is 2. The number of nitro benzene ring substituents is 1. The van der Waals surface area contributed by atoms with E-state index in [4.69, 9.17) is 0 Å². The highest BCUT2D eigenvalue weighted by Gasteiger charge is 2.12. The minimum absolute atomic E-state index is 0.0240. The van der Waals surface area contributed by atoms with E-state index in [1.165, 1.54) is 34.8 Å². The fraction of sp³-hybridized carbons (Fsp3) is 0. The van der Waals surface area contributed by atoms with Gasteiger partial charge in [-0.1, -0.05) is 0 Å². The van der Waals surface area contributed by atoms with Crippen molar-refractivity contribution in [3.05, 3.63) is 69.0 Å². The summed E-state index contributed by atoms with van der Waals surface area (Å²) < 4.78 is 0.948. The number of non-ortho nitro benzene ring substituents is 1. The lowest BCUT2D eigenvalue weighted by molar-refractivity contribution is -0.384. The van der Waals surface area contributed by atoms with E-state index in [0.29, 0.717) is 16.4 Å². The first kappa shape index (κ1) is 16.3. The van der Waals surface area contributed by atoms with Crippen molar-refractivity contribution in [3.63, 3.8) is 0 Å². The highest BCUT2D eigenvalue weighted by molar-refractivity contribution is 7.16. The molecule has 4 aromatic rings. The van der Waals surface area contributed by atoms with Gasteiger partial charge < -0.3 is 0 Å². The number of hydrogen-bond donors (Lipinski definition) is 1. The van der Waals surface area contributed by atoms with E-state index < -0.39 is 4.92 Å². The Balaban J connectivity index is 1.52. The molecule has 128 valence electrons. The Bertz CT molecular complexity index is 1120. The first-order valence-electron chi connectivity index (χ1n) is 7.45. The lowest BCUT2D eigenvalue weighted by atomic mass is 10.1. The molecule has 0 aliphatic heterocycles. The van der Waals surface area contributed by atoms with Crippen molar-refractivity contribution in [2.45, 2.75) is 0 Å². The summed E-state index contributed by atoms with van der Waals surface area (Å²) in [7, 11) is 0. The summed E-state index contributed by atoms with van der Waals surface area (Å²) in [4.78, 5) is 31.2. The summed E-state index contributed by atoms with van der Waals surface area (Å²) in [5, 5.41) is 15.8. The average Bonchev–Trinajstić information content (AvgIpc) is 3.30. The number of amides is 1. The molecule has 2 aromatic heterocycles. The molecule has 0 radical (unpaired) electrons. The Labute approximate surface area is 155 Å². The molecule has 0 atom stereocenters. The summed E-state index contributed by atoms with van der Waals surface area (Å²) in [6, 6.07) is 11.5. The van der Waals surface area contributed by atoms with Crippen molar-refractivity contribution in [1.29, 1.82) is 0 Å². The van der Waals surface area contributed by atoms with Crippen LogP contribution >= 0.6 is 22.7 Å². The average molecular weight is 382 g/mol. The van der Waals surface area contributed by atoms with Crippen LogP contribution in [-0.4, -0.2) is 20.8 Å². The molecule has 0 unspecified atom stereocenters. The van der Waals surface area contributed by atoms with Crippen LogP contribution in [0.3, 0.4) is 0 Å². The third-order valence-corrected chi connectivity index (χ3v) is 5.24. The Kier molecular flexibility index (Phi) is 4.15. The zero-order valence-corrected chi connectivity index (χ0v) is 14.7. The van der Waals surface area contributed by atoms with Gasteiger partial charge in [-0.25, -0.2) is 9.97 Å². The minimum atomic E-state index is -0.448. The van der Waals surface area contributed by atoms with E-state index in [1.54, 1.807) is 35.2 Å². The maximum atomic E-state index is 12.4. The summed E-state index contributed by atoms with van der Waals surface area (Å²) in [6.45, 7) is 0. The van der Waals surface area contributed by atoms with Crippen molar-refractivity contribution in [2.24, 2.45) is 0 Å². The Morgan fingerprint density at radius 3 is 2.69 bits per heavy atom. The molecule has 0 saturated heterocycles. The van der Waals surface area contributed by atoms with Gasteiger partial charge in [0.25, 0.3) is 11.6 Å². The second-order valence-electron chi connectivity index (χ2n) is 5.33. The molecule has 7 nitrogen and oxygen atoms in total. The second-order valence-corrected chi connectivity index (χ2v) is 7.08. The SMILES string of the molecule is O=C(Nc1nc(-c2ccc([N+](=O)[O-])cc2)cs1)c1ccc2ncsc2c1. The number of nitrogens with zero attached hydrogens (tertiary/aromatic N) is 3. The smallest absolute Gasteiger partial charge is 0.269 e.